The minimum atomic E-state index is -0.460. The van der Waals surface area contributed by atoms with Crippen molar-refractivity contribution in [3.05, 3.63) is 52.0 Å². The number of likely N-dealkylation sites (tertiary alicyclic amines) is 1. The van der Waals surface area contributed by atoms with Crippen molar-refractivity contribution >= 4 is 23.2 Å². The number of hydrogen-bond acceptors (Lipinski definition) is 4. The summed E-state index contributed by atoms with van der Waals surface area (Å²) in [7, 11) is 3.09. The molecule has 1 unspecified atom stereocenters. The van der Waals surface area contributed by atoms with E-state index in [2.05, 4.69) is 0 Å². The minimum absolute atomic E-state index is 0.0975. The first kappa shape index (κ1) is 18.4. The van der Waals surface area contributed by atoms with Gasteiger partial charge in [-0.2, -0.15) is 0 Å². The molecule has 1 aliphatic rings. The molecule has 1 atom stereocenters. The van der Waals surface area contributed by atoms with Crippen LogP contribution in [0.15, 0.2) is 35.7 Å². The number of carbonyl (C=O) groups is 2. The highest BCUT2D eigenvalue weighted by Gasteiger charge is 2.36. The highest BCUT2D eigenvalue weighted by molar-refractivity contribution is 7.12. The number of halogens is 1. The normalized spacial score (nSPS) is 16.6. The van der Waals surface area contributed by atoms with Crippen LogP contribution >= 0.6 is 11.3 Å². The van der Waals surface area contributed by atoms with Crippen LogP contribution < -0.4 is 4.74 Å². The van der Waals surface area contributed by atoms with E-state index >= 15 is 0 Å². The van der Waals surface area contributed by atoms with E-state index in [1.807, 2.05) is 11.4 Å². The van der Waals surface area contributed by atoms with Crippen LogP contribution in [-0.4, -0.2) is 48.4 Å². The van der Waals surface area contributed by atoms with Gasteiger partial charge in [-0.3, -0.25) is 9.59 Å². The van der Waals surface area contributed by atoms with Gasteiger partial charge in [0.15, 0.2) is 11.6 Å². The second-order valence-corrected chi connectivity index (χ2v) is 7.24. The molecule has 0 N–H and O–H groups in total. The van der Waals surface area contributed by atoms with Crippen LogP contribution in [0.5, 0.6) is 5.75 Å². The van der Waals surface area contributed by atoms with Gasteiger partial charge in [0.1, 0.15) is 6.04 Å². The molecule has 7 heteroatoms. The average molecular weight is 376 g/mol. The van der Waals surface area contributed by atoms with Gasteiger partial charge < -0.3 is 14.5 Å². The van der Waals surface area contributed by atoms with E-state index in [4.69, 9.17) is 4.74 Å². The largest absolute Gasteiger partial charge is 0.494 e. The van der Waals surface area contributed by atoms with Crippen LogP contribution in [0, 0.1) is 5.82 Å². The fourth-order valence-electron chi connectivity index (χ4n) is 3.22. The third-order valence-corrected chi connectivity index (χ3v) is 5.40. The van der Waals surface area contributed by atoms with Crippen molar-refractivity contribution < 1.29 is 18.7 Å². The van der Waals surface area contributed by atoms with Crippen molar-refractivity contribution in [1.82, 2.24) is 9.80 Å². The Labute approximate surface area is 156 Å². The van der Waals surface area contributed by atoms with E-state index in [0.717, 1.165) is 6.42 Å². The van der Waals surface area contributed by atoms with Gasteiger partial charge in [-0.25, -0.2) is 4.39 Å². The first-order chi connectivity index (χ1) is 12.5. The van der Waals surface area contributed by atoms with Crippen LogP contribution in [0.25, 0.3) is 0 Å². The van der Waals surface area contributed by atoms with Crippen LogP contribution in [0.4, 0.5) is 4.39 Å². The molecule has 0 radical (unpaired) electrons. The van der Waals surface area contributed by atoms with Gasteiger partial charge in [0.25, 0.3) is 5.91 Å². The lowest BCUT2D eigenvalue weighted by Crippen LogP contribution is -2.46. The summed E-state index contributed by atoms with van der Waals surface area (Å²) >= 11 is 1.38. The van der Waals surface area contributed by atoms with Gasteiger partial charge in [-0.1, -0.05) is 12.1 Å². The molecule has 1 aromatic carbocycles. The van der Waals surface area contributed by atoms with Gasteiger partial charge in [0, 0.05) is 20.1 Å². The maximum Gasteiger partial charge on any atom is 0.264 e. The Kier molecular flexibility index (Phi) is 5.56. The smallest absolute Gasteiger partial charge is 0.264 e. The molecule has 0 saturated carbocycles. The molecule has 1 saturated heterocycles. The number of carbonyl (C=O) groups excluding carboxylic acids is 2. The van der Waals surface area contributed by atoms with Crippen molar-refractivity contribution in [2.45, 2.75) is 25.4 Å². The van der Waals surface area contributed by atoms with E-state index in [9.17, 15) is 14.0 Å². The average Bonchev–Trinajstić information content (AvgIpc) is 3.32. The Hall–Kier alpha value is -2.41. The zero-order chi connectivity index (χ0) is 18.7. The van der Waals surface area contributed by atoms with Crippen LogP contribution in [-0.2, 0) is 11.3 Å². The molecule has 0 spiro atoms. The summed E-state index contributed by atoms with van der Waals surface area (Å²) in [6.45, 7) is 0.857. The molecule has 1 aliphatic heterocycles. The molecule has 3 rings (SSSR count). The van der Waals surface area contributed by atoms with Crippen molar-refractivity contribution in [2.24, 2.45) is 0 Å². The lowest BCUT2D eigenvalue weighted by atomic mass is 10.1. The van der Waals surface area contributed by atoms with E-state index in [-0.39, 0.29) is 24.1 Å². The fourth-order valence-corrected chi connectivity index (χ4v) is 3.90. The highest BCUT2D eigenvalue weighted by Crippen LogP contribution is 2.24. The molecule has 2 amide bonds. The van der Waals surface area contributed by atoms with Crippen LogP contribution in [0.3, 0.4) is 0 Å². The minimum Gasteiger partial charge on any atom is -0.494 e. The van der Waals surface area contributed by atoms with Gasteiger partial charge in [0.05, 0.1) is 12.0 Å². The standard InChI is InChI=1S/C19H21FN2O3S/c1-21(12-13-7-8-16(25-2)14(20)11-13)18(23)15-5-3-9-22(15)19(24)17-6-4-10-26-17/h4,6-8,10-11,15H,3,5,9,12H2,1-2H3. The van der Waals surface area contributed by atoms with Crippen molar-refractivity contribution in [1.29, 1.82) is 0 Å². The number of benzene rings is 1. The number of nitrogens with zero attached hydrogens (tertiary/aromatic N) is 2. The third kappa shape index (κ3) is 3.72. The van der Waals surface area contributed by atoms with E-state index < -0.39 is 11.9 Å². The lowest BCUT2D eigenvalue weighted by Gasteiger charge is -2.28. The number of methoxy groups -OCH3 is 1. The third-order valence-electron chi connectivity index (χ3n) is 4.54. The Morgan fingerprint density at radius 1 is 1.38 bits per heavy atom. The number of likely N-dealkylation sites (N-methyl/N-ethyl adjacent to an activating group) is 1. The molecule has 0 bridgehead atoms. The molecule has 26 heavy (non-hydrogen) atoms. The summed E-state index contributed by atoms with van der Waals surface area (Å²) in [5.41, 5.74) is 0.674. The van der Waals surface area contributed by atoms with Gasteiger partial charge >= 0.3 is 0 Å². The molecule has 138 valence electrons. The molecule has 1 aromatic heterocycles. The van der Waals surface area contributed by atoms with Crippen LogP contribution in [0.2, 0.25) is 0 Å². The quantitative estimate of drug-likeness (QED) is 0.805. The molecular formula is C19H21FN2O3S. The lowest BCUT2D eigenvalue weighted by molar-refractivity contribution is -0.134. The molecule has 1 fully saturated rings. The molecular weight excluding hydrogens is 355 g/mol. The SMILES string of the molecule is COc1ccc(CN(C)C(=O)C2CCCN2C(=O)c2cccs2)cc1F. The van der Waals surface area contributed by atoms with Crippen LogP contribution in [0.1, 0.15) is 28.1 Å². The van der Waals surface area contributed by atoms with E-state index in [0.29, 0.717) is 23.4 Å². The zero-order valence-corrected chi connectivity index (χ0v) is 15.6. The molecule has 2 heterocycles. The second-order valence-electron chi connectivity index (χ2n) is 6.30. The Balaban J connectivity index is 1.69. The maximum absolute atomic E-state index is 13.8. The highest BCUT2D eigenvalue weighted by atomic mass is 32.1. The number of thiophene rings is 1. The summed E-state index contributed by atoms with van der Waals surface area (Å²) in [5, 5.41) is 1.85. The second kappa shape index (κ2) is 7.86. The van der Waals surface area contributed by atoms with E-state index in [1.54, 1.807) is 35.0 Å². The number of rotatable bonds is 5. The first-order valence-corrected chi connectivity index (χ1v) is 9.31. The molecule has 2 aromatic rings. The van der Waals surface area contributed by atoms with Gasteiger partial charge in [-0.05, 0) is 42.0 Å². The number of amides is 2. The van der Waals surface area contributed by atoms with E-state index in [1.165, 1.54) is 24.5 Å². The summed E-state index contributed by atoms with van der Waals surface area (Å²) < 4.78 is 18.8. The van der Waals surface area contributed by atoms with Gasteiger partial charge in [-0.15, -0.1) is 11.3 Å². The summed E-state index contributed by atoms with van der Waals surface area (Å²) in [6, 6.07) is 7.79. The Bertz CT molecular complexity index is 794. The molecule has 0 aliphatic carbocycles. The van der Waals surface area contributed by atoms with Gasteiger partial charge in [0.2, 0.25) is 5.91 Å². The zero-order valence-electron chi connectivity index (χ0n) is 14.8. The first-order valence-electron chi connectivity index (χ1n) is 8.43. The fraction of sp³-hybridized carbons (Fsp3) is 0.368. The molecule has 5 nitrogen and oxygen atoms in total. The topological polar surface area (TPSA) is 49.9 Å². The maximum atomic E-state index is 13.8. The Morgan fingerprint density at radius 2 is 2.19 bits per heavy atom. The van der Waals surface area contributed by atoms with Crippen molar-refractivity contribution in [2.75, 3.05) is 20.7 Å². The monoisotopic (exact) mass is 376 g/mol. The summed E-state index contributed by atoms with van der Waals surface area (Å²) in [4.78, 5) is 29.3. The van der Waals surface area contributed by atoms with Crippen molar-refractivity contribution in [3.8, 4) is 5.75 Å². The predicted octanol–water partition coefficient (Wildman–Crippen LogP) is 3.16. The number of ether oxygens (including phenoxy) is 1. The predicted molar refractivity (Wildman–Crippen MR) is 97.8 cm³/mol. The summed E-state index contributed by atoms with van der Waals surface area (Å²) in [5.74, 6) is -0.504. The summed E-state index contributed by atoms with van der Waals surface area (Å²) in [6.07, 6.45) is 1.45. The number of hydrogen-bond donors (Lipinski definition) is 0. The van der Waals surface area contributed by atoms with Crippen molar-refractivity contribution in [3.63, 3.8) is 0 Å². The Morgan fingerprint density at radius 3 is 2.85 bits per heavy atom.